The summed E-state index contributed by atoms with van der Waals surface area (Å²) < 4.78 is 7.12. The molecule has 2 aliphatic rings. The molecule has 1 aromatic rings. The molecule has 0 spiro atoms. The zero-order valence-electron chi connectivity index (χ0n) is 12.1. The van der Waals surface area contributed by atoms with Crippen molar-refractivity contribution >= 4 is 15.9 Å². The van der Waals surface area contributed by atoms with Gasteiger partial charge in [-0.3, -0.25) is 4.90 Å². The highest BCUT2D eigenvalue weighted by molar-refractivity contribution is 9.10. The fourth-order valence-electron chi connectivity index (χ4n) is 3.36. The first kappa shape index (κ1) is 14.4. The number of fused-ring (bicyclic) bond motifs is 1. The third kappa shape index (κ3) is 3.18. The van der Waals surface area contributed by atoms with E-state index in [0.29, 0.717) is 0 Å². The zero-order chi connectivity index (χ0) is 13.9. The molecule has 0 saturated carbocycles. The molecule has 0 radical (unpaired) electrons. The van der Waals surface area contributed by atoms with Crippen molar-refractivity contribution in [1.29, 1.82) is 0 Å². The minimum Gasteiger partial charge on any atom is -0.488 e. The van der Waals surface area contributed by atoms with Crippen molar-refractivity contribution in [2.75, 3.05) is 26.2 Å². The maximum atomic E-state index is 5.98. The van der Waals surface area contributed by atoms with E-state index in [1.54, 1.807) is 0 Å². The summed E-state index contributed by atoms with van der Waals surface area (Å²) >= 11 is 3.52. The van der Waals surface area contributed by atoms with Gasteiger partial charge in [0, 0.05) is 30.0 Å². The lowest BCUT2D eigenvalue weighted by Gasteiger charge is -2.23. The molecule has 1 N–H and O–H groups in total. The van der Waals surface area contributed by atoms with E-state index in [4.69, 9.17) is 4.74 Å². The summed E-state index contributed by atoms with van der Waals surface area (Å²) in [4.78, 5) is 2.58. The number of halogens is 1. The maximum Gasteiger partial charge on any atom is 0.123 e. The molecular formula is C16H23BrN2O. The van der Waals surface area contributed by atoms with Gasteiger partial charge in [-0.15, -0.1) is 0 Å². The fourth-order valence-corrected chi connectivity index (χ4v) is 3.76. The van der Waals surface area contributed by atoms with Crippen molar-refractivity contribution in [1.82, 2.24) is 10.2 Å². The number of likely N-dealkylation sites (N-methyl/N-ethyl adjacent to an activating group) is 1. The maximum absolute atomic E-state index is 5.98. The molecule has 0 bridgehead atoms. The van der Waals surface area contributed by atoms with Gasteiger partial charge in [-0.05, 0) is 49.7 Å². The van der Waals surface area contributed by atoms with Crippen molar-refractivity contribution < 1.29 is 4.74 Å². The van der Waals surface area contributed by atoms with Gasteiger partial charge in [-0.2, -0.15) is 0 Å². The van der Waals surface area contributed by atoms with Crippen LogP contribution in [0.2, 0.25) is 0 Å². The molecule has 4 heteroatoms. The Hall–Kier alpha value is -0.580. The van der Waals surface area contributed by atoms with E-state index in [1.807, 2.05) is 6.07 Å². The van der Waals surface area contributed by atoms with Crippen molar-refractivity contribution in [2.24, 2.45) is 0 Å². The predicted octanol–water partition coefficient (Wildman–Crippen LogP) is 2.83. The molecule has 1 fully saturated rings. The van der Waals surface area contributed by atoms with Crippen LogP contribution in [0.1, 0.15) is 25.3 Å². The minimum atomic E-state index is 0.288. The molecule has 2 atom stereocenters. The molecule has 3 nitrogen and oxygen atoms in total. The number of nitrogens with zero attached hydrogens (tertiary/aromatic N) is 1. The van der Waals surface area contributed by atoms with E-state index in [9.17, 15) is 0 Å². The van der Waals surface area contributed by atoms with Gasteiger partial charge in [0.2, 0.25) is 0 Å². The lowest BCUT2D eigenvalue weighted by molar-refractivity contribution is 0.213. The number of hydrogen-bond donors (Lipinski definition) is 1. The molecular weight excluding hydrogens is 316 g/mol. The predicted molar refractivity (Wildman–Crippen MR) is 85.4 cm³/mol. The summed E-state index contributed by atoms with van der Waals surface area (Å²) in [7, 11) is 0. The monoisotopic (exact) mass is 338 g/mol. The Balaban J connectivity index is 1.45. The van der Waals surface area contributed by atoms with E-state index < -0.39 is 0 Å². The van der Waals surface area contributed by atoms with E-state index >= 15 is 0 Å². The number of hydrogen-bond acceptors (Lipinski definition) is 3. The van der Waals surface area contributed by atoms with Crippen LogP contribution in [-0.4, -0.2) is 43.2 Å². The van der Waals surface area contributed by atoms with Gasteiger partial charge in [-0.25, -0.2) is 0 Å². The lowest BCUT2D eigenvalue weighted by Crippen LogP contribution is -2.41. The number of benzene rings is 1. The Morgan fingerprint density at radius 1 is 1.40 bits per heavy atom. The SMILES string of the molecule is CCN1CCCC1CNCC1Cc2cc(Br)ccc2O1. The first-order chi connectivity index (χ1) is 9.76. The normalized spacial score (nSPS) is 25.7. The summed E-state index contributed by atoms with van der Waals surface area (Å²) in [5.41, 5.74) is 1.32. The molecule has 3 rings (SSSR count). The smallest absolute Gasteiger partial charge is 0.123 e. The molecule has 0 aromatic heterocycles. The largest absolute Gasteiger partial charge is 0.488 e. The molecule has 2 aliphatic heterocycles. The second-order valence-electron chi connectivity index (χ2n) is 5.78. The van der Waals surface area contributed by atoms with Crippen molar-refractivity contribution in [2.45, 2.75) is 38.3 Å². The van der Waals surface area contributed by atoms with Crippen molar-refractivity contribution in [3.8, 4) is 5.75 Å². The quantitative estimate of drug-likeness (QED) is 0.893. The van der Waals surface area contributed by atoms with Gasteiger partial charge >= 0.3 is 0 Å². The van der Waals surface area contributed by atoms with Crippen LogP contribution in [0.4, 0.5) is 0 Å². The average Bonchev–Trinajstić information content (AvgIpc) is 3.04. The summed E-state index contributed by atoms with van der Waals surface area (Å²) in [6.45, 7) is 6.73. The van der Waals surface area contributed by atoms with Crippen LogP contribution in [0.3, 0.4) is 0 Å². The molecule has 110 valence electrons. The Kier molecular flexibility index (Phi) is 4.64. The van der Waals surface area contributed by atoms with Crippen molar-refractivity contribution in [3.63, 3.8) is 0 Å². The fraction of sp³-hybridized carbons (Fsp3) is 0.625. The molecule has 20 heavy (non-hydrogen) atoms. The Morgan fingerprint density at radius 2 is 2.30 bits per heavy atom. The zero-order valence-corrected chi connectivity index (χ0v) is 13.7. The Morgan fingerprint density at radius 3 is 3.15 bits per heavy atom. The van der Waals surface area contributed by atoms with Crippen LogP contribution in [0.15, 0.2) is 22.7 Å². The third-order valence-corrected chi connectivity index (χ3v) is 4.91. The number of rotatable bonds is 5. The highest BCUT2D eigenvalue weighted by atomic mass is 79.9. The standard InChI is InChI=1S/C16H23BrN2O/c1-2-19-7-3-4-14(19)10-18-11-15-9-12-8-13(17)5-6-16(12)20-15/h5-6,8,14-15,18H,2-4,7,9-11H2,1H3. The van der Waals surface area contributed by atoms with E-state index in [-0.39, 0.29) is 6.10 Å². The molecule has 1 saturated heterocycles. The van der Waals surface area contributed by atoms with Crippen LogP contribution in [0.25, 0.3) is 0 Å². The van der Waals surface area contributed by atoms with Crippen LogP contribution in [0.5, 0.6) is 5.75 Å². The van der Waals surface area contributed by atoms with Crippen LogP contribution in [-0.2, 0) is 6.42 Å². The van der Waals surface area contributed by atoms with Gasteiger partial charge in [0.25, 0.3) is 0 Å². The topological polar surface area (TPSA) is 24.5 Å². The molecule has 0 aliphatic carbocycles. The average molecular weight is 339 g/mol. The molecule has 2 heterocycles. The summed E-state index contributed by atoms with van der Waals surface area (Å²) in [6, 6.07) is 7.00. The second kappa shape index (κ2) is 6.46. The van der Waals surface area contributed by atoms with Gasteiger partial charge in [-0.1, -0.05) is 22.9 Å². The Labute approximate surface area is 129 Å². The first-order valence-corrected chi connectivity index (χ1v) is 8.45. The highest BCUT2D eigenvalue weighted by Gasteiger charge is 2.25. The number of likely N-dealkylation sites (tertiary alicyclic amines) is 1. The number of ether oxygens (including phenoxy) is 1. The third-order valence-electron chi connectivity index (χ3n) is 4.42. The summed E-state index contributed by atoms with van der Waals surface area (Å²) in [5, 5.41) is 3.60. The van der Waals surface area contributed by atoms with Gasteiger partial charge in [0.05, 0.1) is 0 Å². The van der Waals surface area contributed by atoms with Gasteiger partial charge < -0.3 is 10.1 Å². The molecule has 1 aromatic carbocycles. The number of nitrogens with one attached hydrogen (secondary N) is 1. The van der Waals surface area contributed by atoms with Crippen molar-refractivity contribution in [3.05, 3.63) is 28.2 Å². The Bertz CT molecular complexity index is 466. The molecule has 0 amide bonds. The van der Waals surface area contributed by atoms with Gasteiger partial charge in [0.1, 0.15) is 11.9 Å². The van der Waals surface area contributed by atoms with Crippen LogP contribution in [0, 0.1) is 0 Å². The first-order valence-electron chi connectivity index (χ1n) is 7.66. The summed E-state index contributed by atoms with van der Waals surface area (Å²) in [6.07, 6.45) is 3.99. The minimum absolute atomic E-state index is 0.288. The van der Waals surface area contributed by atoms with Crippen LogP contribution < -0.4 is 10.1 Å². The second-order valence-corrected chi connectivity index (χ2v) is 6.69. The van der Waals surface area contributed by atoms with Gasteiger partial charge in [0.15, 0.2) is 0 Å². The summed E-state index contributed by atoms with van der Waals surface area (Å²) in [5.74, 6) is 1.05. The van der Waals surface area contributed by atoms with E-state index in [0.717, 1.165) is 35.8 Å². The van der Waals surface area contributed by atoms with E-state index in [1.165, 1.54) is 31.5 Å². The van der Waals surface area contributed by atoms with E-state index in [2.05, 4.69) is 45.2 Å². The molecule has 2 unspecified atom stereocenters. The van der Waals surface area contributed by atoms with Crippen LogP contribution >= 0.6 is 15.9 Å². The highest BCUT2D eigenvalue weighted by Crippen LogP contribution is 2.30. The lowest BCUT2D eigenvalue weighted by atomic mass is 10.1.